The van der Waals surface area contributed by atoms with Crippen molar-refractivity contribution in [2.24, 2.45) is 0 Å². The lowest BCUT2D eigenvalue weighted by molar-refractivity contribution is -0.160. The van der Waals surface area contributed by atoms with Crippen molar-refractivity contribution in [3.63, 3.8) is 0 Å². The van der Waals surface area contributed by atoms with Crippen LogP contribution in [0.2, 0.25) is 4.34 Å². The predicted molar refractivity (Wildman–Crippen MR) is 131 cm³/mol. The zero-order chi connectivity index (χ0) is 27.7. The molecule has 1 aromatic heterocycles. The Kier molecular flexibility index (Phi) is 10.7. The Bertz CT molecular complexity index is 1140. The first-order chi connectivity index (χ1) is 18.2. The van der Waals surface area contributed by atoms with E-state index >= 15 is 0 Å². The molecule has 16 heteroatoms. The molecule has 3 rings (SSSR count). The van der Waals surface area contributed by atoms with Crippen molar-refractivity contribution < 1.29 is 47.4 Å². The van der Waals surface area contributed by atoms with Crippen LogP contribution in [-0.2, 0) is 23.9 Å². The summed E-state index contributed by atoms with van der Waals surface area (Å²) in [7, 11) is 0. The maximum Gasteiger partial charge on any atom is 0.407 e. The minimum atomic E-state index is -3.43. The molecule has 2 aromatic rings. The maximum atomic E-state index is 13.3. The number of hydrogen-bond acceptors (Lipinski definition) is 9. The molecule has 38 heavy (non-hydrogen) atoms. The van der Waals surface area contributed by atoms with E-state index in [0.29, 0.717) is 16.6 Å². The van der Waals surface area contributed by atoms with Gasteiger partial charge in [-0.15, -0.1) is 11.3 Å². The van der Waals surface area contributed by atoms with Crippen LogP contribution in [0.1, 0.15) is 9.67 Å². The first kappa shape index (κ1) is 29.2. The Balaban J connectivity index is 1.81. The molecule has 1 aromatic carbocycles. The molecule has 1 aliphatic rings. The molecule has 3 N–H and O–H groups in total. The summed E-state index contributed by atoms with van der Waals surface area (Å²) in [6.45, 7) is -4.37. The van der Waals surface area contributed by atoms with E-state index in [2.05, 4.69) is 15.5 Å². The third-order valence-corrected chi connectivity index (χ3v) is 6.18. The number of rotatable bonds is 11. The summed E-state index contributed by atoms with van der Waals surface area (Å²) in [5.74, 6) is -2.11. The first-order valence-electron chi connectivity index (χ1n) is 11.0. The number of amides is 4. The topological polar surface area (TPSA) is 147 Å². The van der Waals surface area contributed by atoms with Crippen LogP contribution in [0.3, 0.4) is 0 Å². The van der Waals surface area contributed by atoms with Crippen molar-refractivity contribution in [3.8, 4) is 0 Å². The van der Waals surface area contributed by atoms with Gasteiger partial charge in [0.15, 0.2) is 0 Å². The number of alkyl carbamates (subject to hydrolysis) is 1. The van der Waals surface area contributed by atoms with Crippen molar-refractivity contribution >= 4 is 58.1 Å². The van der Waals surface area contributed by atoms with Crippen LogP contribution in [0.4, 0.5) is 25.0 Å². The van der Waals surface area contributed by atoms with E-state index in [9.17, 15) is 28.0 Å². The summed E-state index contributed by atoms with van der Waals surface area (Å²) >= 11 is 6.79. The summed E-state index contributed by atoms with van der Waals surface area (Å²) < 4.78 is 36.7. The maximum absolute atomic E-state index is 13.3. The quantitative estimate of drug-likeness (QED) is 0.343. The molecule has 0 radical (unpaired) electrons. The summed E-state index contributed by atoms with van der Waals surface area (Å²) in [5.41, 5.74) is 0.294. The van der Waals surface area contributed by atoms with Gasteiger partial charge >= 0.3 is 12.7 Å². The number of aliphatic hydroxyl groups is 1. The Morgan fingerprint density at radius 3 is 2.55 bits per heavy atom. The fraction of sp³-hybridized carbons (Fsp3) is 0.364. The number of ether oxygens (including phenoxy) is 2. The number of hydroxylamine groups is 1. The van der Waals surface area contributed by atoms with Crippen molar-refractivity contribution in [2.45, 2.75) is 12.7 Å². The number of carbonyl (C=O) groups is 4. The van der Waals surface area contributed by atoms with Gasteiger partial charge in [0.2, 0.25) is 0 Å². The van der Waals surface area contributed by atoms with Crippen LogP contribution < -0.4 is 20.6 Å². The van der Waals surface area contributed by atoms with Crippen molar-refractivity contribution in [1.82, 2.24) is 10.6 Å². The Morgan fingerprint density at radius 1 is 1.21 bits per heavy atom. The SMILES string of the molecule is O=C(N[C@H](CNC(=O)c1ccc(Cl)s1)C(=O)N(OC(F)F)c1ccc(N2CCOCC2=O)cc1)OCCO. The van der Waals surface area contributed by atoms with E-state index in [1.54, 1.807) is 0 Å². The number of morpholine rings is 1. The lowest BCUT2D eigenvalue weighted by Crippen LogP contribution is -2.54. The van der Waals surface area contributed by atoms with Crippen LogP contribution in [0, 0.1) is 0 Å². The van der Waals surface area contributed by atoms with Gasteiger partial charge in [0.25, 0.3) is 17.7 Å². The molecule has 1 saturated heterocycles. The van der Waals surface area contributed by atoms with Gasteiger partial charge in [-0.25, -0.2) is 4.79 Å². The van der Waals surface area contributed by atoms with Crippen LogP contribution in [0.15, 0.2) is 36.4 Å². The molecule has 4 amide bonds. The molecule has 0 aliphatic carbocycles. The molecule has 2 heterocycles. The van der Waals surface area contributed by atoms with Crippen LogP contribution in [0.5, 0.6) is 0 Å². The number of hydrogen-bond donors (Lipinski definition) is 3. The van der Waals surface area contributed by atoms with Gasteiger partial charge in [0.1, 0.15) is 19.3 Å². The fourth-order valence-electron chi connectivity index (χ4n) is 3.26. The lowest BCUT2D eigenvalue weighted by Gasteiger charge is -2.28. The van der Waals surface area contributed by atoms with Crippen molar-refractivity contribution in [2.75, 3.05) is 49.5 Å². The highest BCUT2D eigenvalue weighted by Crippen LogP contribution is 2.24. The molecular formula is C22H23ClF2N4O8S. The fourth-order valence-corrected chi connectivity index (χ4v) is 4.22. The standard InChI is InChI=1S/C22H23ClF2N4O8S/c23-17-6-5-16(38-17)19(32)26-11-15(27-22(34)36-10-8-30)20(33)29(37-21(24)25)14-3-1-13(2-4-14)28-7-9-35-12-18(28)31/h1-6,15,21,30H,7-12H2,(H,26,32)(H,27,34)/t15-/m1/s1. The lowest BCUT2D eigenvalue weighted by atomic mass is 10.2. The summed E-state index contributed by atoms with van der Waals surface area (Å²) in [6, 6.07) is 6.69. The second-order valence-electron chi connectivity index (χ2n) is 7.48. The molecule has 1 fully saturated rings. The number of nitrogens with zero attached hydrogens (tertiary/aromatic N) is 2. The van der Waals surface area contributed by atoms with E-state index in [1.165, 1.54) is 41.3 Å². The third kappa shape index (κ3) is 8.06. The molecule has 206 valence electrons. The summed E-state index contributed by atoms with van der Waals surface area (Å²) in [4.78, 5) is 55.9. The molecule has 12 nitrogen and oxygen atoms in total. The molecule has 0 spiro atoms. The smallest absolute Gasteiger partial charge is 0.407 e. The highest BCUT2D eigenvalue weighted by molar-refractivity contribution is 7.18. The average molecular weight is 577 g/mol. The Hall–Kier alpha value is -3.37. The van der Waals surface area contributed by atoms with E-state index in [-0.39, 0.29) is 34.7 Å². The van der Waals surface area contributed by atoms with Gasteiger partial charge in [-0.2, -0.15) is 18.7 Å². The molecule has 1 atom stereocenters. The highest BCUT2D eigenvalue weighted by Gasteiger charge is 2.32. The third-order valence-electron chi connectivity index (χ3n) is 4.95. The Morgan fingerprint density at radius 2 is 1.95 bits per heavy atom. The normalized spacial score (nSPS) is 14.2. The van der Waals surface area contributed by atoms with Crippen LogP contribution >= 0.6 is 22.9 Å². The number of aliphatic hydroxyl groups excluding tert-OH is 1. The first-order valence-corrected chi connectivity index (χ1v) is 12.2. The number of halogens is 3. The van der Waals surface area contributed by atoms with Gasteiger partial charge in [0, 0.05) is 18.8 Å². The summed E-state index contributed by atoms with van der Waals surface area (Å²) in [6.07, 6.45) is -1.15. The minimum absolute atomic E-state index is 0.107. The molecule has 0 bridgehead atoms. The number of nitrogens with one attached hydrogen (secondary N) is 2. The zero-order valence-electron chi connectivity index (χ0n) is 19.6. The van der Waals surface area contributed by atoms with Gasteiger partial charge in [0.05, 0.1) is 28.1 Å². The molecule has 0 saturated carbocycles. The van der Waals surface area contributed by atoms with E-state index in [0.717, 1.165) is 11.3 Å². The monoisotopic (exact) mass is 576 g/mol. The van der Waals surface area contributed by atoms with Crippen LogP contribution in [-0.4, -0.2) is 81.1 Å². The van der Waals surface area contributed by atoms with Crippen molar-refractivity contribution in [1.29, 1.82) is 0 Å². The molecule has 1 aliphatic heterocycles. The van der Waals surface area contributed by atoms with Gasteiger partial charge in [-0.1, -0.05) is 11.6 Å². The van der Waals surface area contributed by atoms with Crippen molar-refractivity contribution in [3.05, 3.63) is 45.6 Å². The van der Waals surface area contributed by atoms with E-state index in [4.69, 9.17) is 26.2 Å². The van der Waals surface area contributed by atoms with E-state index < -0.39 is 50.3 Å². The van der Waals surface area contributed by atoms with Gasteiger partial charge < -0.3 is 30.1 Å². The predicted octanol–water partition coefficient (Wildman–Crippen LogP) is 1.77. The number of thiophene rings is 1. The highest BCUT2D eigenvalue weighted by atomic mass is 35.5. The van der Waals surface area contributed by atoms with Gasteiger partial charge in [-0.05, 0) is 36.4 Å². The van der Waals surface area contributed by atoms with E-state index in [1.807, 2.05) is 0 Å². The molecule has 0 unspecified atom stereocenters. The minimum Gasteiger partial charge on any atom is -0.447 e. The number of alkyl halides is 2. The number of anilines is 2. The molecular weight excluding hydrogens is 554 g/mol. The Labute approximate surface area is 223 Å². The number of carbonyl (C=O) groups excluding carboxylic acids is 4. The number of benzene rings is 1. The largest absolute Gasteiger partial charge is 0.447 e. The average Bonchev–Trinajstić information content (AvgIpc) is 3.34. The second kappa shape index (κ2) is 14.0. The van der Waals surface area contributed by atoms with Gasteiger partial charge in [-0.3, -0.25) is 14.4 Å². The second-order valence-corrected chi connectivity index (χ2v) is 9.20. The van der Waals surface area contributed by atoms with Crippen LogP contribution in [0.25, 0.3) is 0 Å². The zero-order valence-corrected chi connectivity index (χ0v) is 21.2. The summed E-state index contributed by atoms with van der Waals surface area (Å²) in [5, 5.41) is 13.7.